The molecule has 1 fully saturated rings. The molecule has 0 amide bonds. The van der Waals surface area contributed by atoms with Crippen molar-refractivity contribution in [2.24, 2.45) is 10.8 Å². The monoisotopic (exact) mass is 225 g/mol. The molecule has 0 aromatic heterocycles. The maximum Gasteiger partial charge on any atom is 0.155 e. The molecule has 1 aliphatic rings. The van der Waals surface area contributed by atoms with Gasteiger partial charge < -0.3 is 9.84 Å². The molecule has 0 aromatic rings. The Morgan fingerprint density at radius 3 is 2.00 bits per heavy atom. The van der Waals surface area contributed by atoms with E-state index in [2.05, 4.69) is 33.8 Å². The lowest BCUT2D eigenvalue weighted by molar-refractivity contribution is -0.102. The highest BCUT2D eigenvalue weighted by Crippen LogP contribution is 2.51. The number of aliphatic hydroxyl groups excluding tert-OH is 1. The Labute approximate surface area is 98.4 Å². The highest BCUT2D eigenvalue weighted by atomic mass is 16.5. The Kier molecular flexibility index (Phi) is 3.66. The minimum absolute atomic E-state index is 0.0235. The Hall–Kier alpha value is -0.590. The van der Waals surface area contributed by atoms with E-state index in [-0.39, 0.29) is 24.0 Å². The summed E-state index contributed by atoms with van der Waals surface area (Å²) in [5, 5.41) is 18.2. The lowest BCUT2D eigenvalue weighted by Gasteiger charge is -2.48. The molecule has 0 aromatic carbocycles. The fraction of sp³-hybridized carbons (Fsp3) is 0.923. The average Bonchev–Trinajstić information content (AvgIpc) is 2.10. The van der Waals surface area contributed by atoms with Crippen molar-refractivity contribution in [1.29, 1.82) is 5.26 Å². The fourth-order valence-electron chi connectivity index (χ4n) is 3.48. The molecule has 0 radical (unpaired) electrons. The molecule has 1 N–H and O–H groups in total. The van der Waals surface area contributed by atoms with E-state index in [4.69, 9.17) is 9.84 Å². The number of ether oxygens (including phenoxy) is 1. The molecule has 0 atom stereocenters. The van der Waals surface area contributed by atoms with E-state index in [0.29, 0.717) is 0 Å². The molecule has 3 heteroatoms. The van der Waals surface area contributed by atoms with Crippen LogP contribution in [0.2, 0.25) is 0 Å². The second-order valence-electron chi connectivity index (χ2n) is 6.54. The van der Waals surface area contributed by atoms with Crippen molar-refractivity contribution in [2.45, 2.75) is 52.6 Å². The Balaban J connectivity index is 2.89. The number of nitrogens with zero attached hydrogens (tertiary/aromatic N) is 1. The molecule has 0 saturated heterocycles. The molecule has 0 heterocycles. The molecule has 16 heavy (non-hydrogen) atoms. The van der Waals surface area contributed by atoms with Gasteiger partial charge in [-0.1, -0.05) is 27.7 Å². The van der Waals surface area contributed by atoms with E-state index in [1.165, 1.54) is 0 Å². The van der Waals surface area contributed by atoms with Gasteiger partial charge in [-0.2, -0.15) is 5.26 Å². The van der Waals surface area contributed by atoms with E-state index >= 15 is 0 Å². The van der Waals surface area contributed by atoms with Crippen LogP contribution in [0.5, 0.6) is 0 Å². The summed E-state index contributed by atoms with van der Waals surface area (Å²) in [5.41, 5.74) is -0.478. The summed E-state index contributed by atoms with van der Waals surface area (Å²) >= 11 is 0. The minimum Gasteiger partial charge on any atom is -0.394 e. The van der Waals surface area contributed by atoms with Crippen LogP contribution in [0.1, 0.15) is 47.0 Å². The van der Waals surface area contributed by atoms with Crippen LogP contribution < -0.4 is 0 Å². The third kappa shape index (κ3) is 3.20. The standard InChI is InChI=1S/C13H23NO2/c1-11(2)7-12(3,4)9-13(8-11,10-14)16-6-5-15/h15H,5-9H2,1-4H3. The summed E-state index contributed by atoms with van der Waals surface area (Å²) in [4.78, 5) is 0. The summed E-state index contributed by atoms with van der Waals surface area (Å²) < 4.78 is 5.63. The molecule has 1 rings (SSSR count). The maximum absolute atomic E-state index is 9.38. The van der Waals surface area contributed by atoms with Gasteiger partial charge in [0.2, 0.25) is 0 Å². The third-order valence-electron chi connectivity index (χ3n) is 3.16. The van der Waals surface area contributed by atoms with E-state index in [1.807, 2.05) is 0 Å². The number of hydrogen-bond donors (Lipinski definition) is 1. The van der Waals surface area contributed by atoms with Gasteiger partial charge in [-0.3, -0.25) is 0 Å². The van der Waals surface area contributed by atoms with Crippen molar-refractivity contribution in [3.05, 3.63) is 0 Å². The zero-order chi connectivity index (χ0) is 12.4. The highest BCUT2D eigenvalue weighted by Gasteiger charge is 2.48. The molecule has 0 bridgehead atoms. The molecular weight excluding hydrogens is 202 g/mol. The van der Waals surface area contributed by atoms with Crippen LogP contribution in [0.15, 0.2) is 0 Å². The Morgan fingerprint density at radius 1 is 1.12 bits per heavy atom. The summed E-state index contributed by atoms with van der Waals surface area (Å²) in [7, 11) is 0. The van der Waals surface area contributed by atoms with Gasteiger partial charge in [0.25, 0.3) is 0 Å². The molecule has 92 valence electrons. The van der Waals surface area contributed by atoms with Crippen molar-refractivity contribution in [3.63, 3.8) is 0 Å². The van der Waals surface area contributed by atoms with E-state index < -0.39 is 5.60 Å². The van der Waals surface area contributed by atoms with Gasteiger partial charge in [-0.25, -0.2) is 0 Å². The van der Waals surface area contributed by atoms with Gasteiger partial charge in [0.15, 0.2) is 5.60 Å². The van der Waals surface area contributed by atoms with Gasteiger partial charge in [0, 0.05) is 0 Å². The molecule has 1 saturated carbocycles. The lowest BCUT2D eigenvalue weighted by Crippen LogP contribution is -2.47. The topological polar surface area (TPSA) is 53.2 Å². The predicted octanol–water partition coefficient (Wildman–Crippen LogP) is 2.49. The van der Waals surface area contributed by atoms with Gasteiger partial charge in [0.1, 0.15) is 0 Å². The van der Waals surface area contributed by atoms with Crippen LogP contribution >= 0.6 is 0 Å². The molecule has 0 unspecified atom stereocenters. The van der Waals surface area contributed by atoms with Crippen molar-refractivity contribution in [3.8, 4) is 6.07 Å². The number of nitriles is 1. The zero-order valence-electron chi connectivity index (χ0n) is 10.8. The summed E-state index contributed by atoms with van der Waals surface area (Å²) in [6.45, 7) is 8.96. The normalized spacial score (nSPS) is 26.0. The summed E-state index contributed by atoms with van der Waals surface area (Å²) in [6.07, 6.45) is 2.60. The molecule has 3 nitrogen and oxygen atoms in total. The van der Waals surface area contributed by atoms with Gasteiger partial charge >= 0.3 is 0 Å². The maximum atomic E-state index is 9.38. The van der Waals surface area contributed by atoms with Gasteiger partial charge in [-0.15, -0.1) is 0 Å². The smallest absolute Gasteiger partial charge is 0.155 e. The Bertz CT molecular complexity index is 273. The second kappa shape index (κ2) is 4.35. The van der Waals surface area contributed by atoms with Crippen molar-refractivity contribution in [1.82, 2.24) is 0 Å². The quantitative estimate of drug-likeness (QED) is 0.803. The van der Waals surface area contributed by atoms with Crippen LogP contribution in [-0.2, 0) is 4.74 Å². The van der Waals surface area contributed by atoms with E-state index in [9.17, 15) is 5.26 Å². The first kappa shape index (κ1) is 13.5. The average molecular weight is 225 g/mol. The zero-order valence-corrected chi connectivity index (χ0v) is 10.8. The first-order valence-corrected chi connectivity index (χ1v) is 5.90. The third-order valence-corrected chi connectivity index (χ3v) is 3.16. The fourth-order valence-corrected chi connectivity index (χ4v) is 3.48. The van der Waals surface area contributed by atoms with Gasteiger partial charge in [-0.05, 0) is 30.1 Å². The number of hydrogen-bond acceptors (Lipinski definition) is 3. The minimum atomic E-state index is -0.714. The Morgan fingerprint density at radius 2 is 1.62 bits per heavy atom. The van der Waals surface area contributed by atoms with Crippen LogP contribution in [0.25, 0.3) is 0 Å². The van der Waals surface area contributed by atoms with Crippen LogP contribution in [0.3, 0.4) is 0 Å². The van der Waals surface area contributed by atoms with Crippen LogP contribution in [0, 0.1) is 22.2 Å². The first-order chi connectivity index (χ1) is 7.24. The van der Waals surface area contributed by atoms with E-state index in [1.54, 1.807) is 0 Å². The predicted molar refractivity (Wildman–Crippen MR) is 62.8 cm³/mol. The summed E-state index contributed by atoms with van der Waals surface area (Å²) in [6, 6.07) is 2.33. The highest BCUT2D eigenvalue weighted by molar-refractivity contribution is 5.10. The second-order valence-corrected chi connectivity index (χ2v) is 6.54. The summed E-state index contributed by atoms with van der Waals surface area (Å²) in [5.74, 6) is 0. The number of rotatable bonds is 3. The SMILES string of the molecule is CC1(C)CC(C)(C)CC(C#N)(OCCO)C1. The molecule has 0 spiro atoms. The number of aliphatic hydroxyl groups is 1. The van der Waals surface area contributed by atoms with Gasteiger partial charge in [0.05, 0.1) is 19.3 Å². The van der Waals surface area contributed by atoms with Crippen LogP contribution in [0.4, 0.5) is 0 Å². The largest absolute Gasteiger partial charge is 0.394 e. The molecule has 0 aliphatic heterocycles. The first-order valence-electron chi connectivity index (χ1n) is 5.90. The van der Waals surface area contributed by atoms with Crippen LogP contribution in [-0.4, -0.2) is 23.9 Å². The van der Waals surface area contributed by atoms with Crippen molar-refractivity contribution in [2.75, 3.05) is 13.2 Å². The molecule has 1 aliphatic carbocycles. The van der Waals surface area contributed by atoms with Crippen molar-refractivity contribution >= 4 is 0 Å². The lowest BCUT2D eigenvalue weighted by atomic mass is 9.60. The molecular formula is C13H23NO2. The van der Waals surface area contributed by atoms with Crippen molar-refractivity contribution < 1.29 is 9.84 Å². The van der Waals surface area contributed by atoms with E-state index in [0.717, 1.165) is 19.3 Å².